The van der Waals surface area contributed by atoms with Crippen molar-refractivity contribution >= 4 is 54.3 Å². The standard InChI is InChI=1S/C30H33ClN6O3S2/c1-36-14-16-37(17-15-36)42(39,40)27-9-6-22(19-24(27)31)23(18-20-4-2-3-5-20)28(38)35-30-34-26-8-7-25(33-29(26)41-30)21-10-12-32-13-11-21/h6-13,19-20,23H,2-5,14-18H2,1H3,(H,34,35,38). The Morgan fingerprint density at radius 1 is 1.05 bits per heavy atom. The summed E-state index contributed by atoms with van der Waals surface area (Å²) in [6, 6.07) is 12.6. The van der Waals surface area contributed by atoms with Gasteiger partial charge in [-0.05, 0) is 61.3 Å². The summed E-state index contributed by atoms with van der Waals surface area (Å²) in [5.74, 6) is -0.243. The molecular formula is C30H33ClN6O3S2. The van der Waals surface area contributed by atoms with Crippen molar-refractivity contribution in [3.05, 3.63) is 65.4 Å². The molecule has 0 spiro atoms. The predicted octanol–water partition coefficient (Wildman–Crippen LogP) is 5.65. The number of thiazole rings is 1. The minimum absolute atomic E-state index is 0.0831. The number of halogens is 1. The van der Waals surface area contributed by atoms with E-state index in [2.05, 4.69) is 20.2 Å². The van der Waals surface area contributed by atoms with Crippen LogP contribution in [0, 0.1) is 5.92 Å². The molecule has 0 radical (unpaired) electrons. The van der Waals surface area contributed by atoms with Crippen molar-refractivity contribution < 1.29 is 13.2 Å². The Morgan fingerprint density at radius 3 is 2.50 bits per heavy atom. The second-order valence-corrected chi connectivity index (χ2v) is 14.4. The number of likely N-dealkylation sites (N-methyl/N-ethyl adjacent to an activating group) is 1. The number of piperazine rings is 1. The monoisotopic (exact) mass is 624 g/mol. The topological polar surface area (TPSA) is 108 Å². The smallest absolute Gasteiger partial charge is 0.244 e. The van der Waals surface area contributed by atoms with Crippen molar-refractivity contribution in [3.63, 3.8) is 0 Å². The van der Waals surface area contributed by atoms with E-state index < -0.39 is 15.9 Å². The SMILES string of the molecule is CN1CCN(S(=O)(=O)c2ccc(C(CC3CCCC3)C(=O)Nc3nc4ccc(-c5ccncc5)nc4s3)cc2Cl)CC1. The van der Waals surface area contributed by atoms with E-state index in [9.17, 15) is 13.2 Å². The number of benzene rings is 1. The second kappa shape index (κ2) is 12.3. The van der Waals surface area contributed by atoms with E-state index in [1.165, 1.54) is 15.6 Å². The molecule has 6 rings (SSSR count). The van der Waals surface area contributed by atoms with Crippen LogP contribution in [0.4, 0.5) is 5.13 Å². The summed E-state index contributed by atoms with van der Waals surface area (Å²) in [6.45, 7) is 2.19. The maximum Gasteiger partial charge on any atom is 0.244 e. The van der Waals surface area contributed by atoms with Crippen LogP contribution in [0.5, 0.6) is 0 Å². The minimum atomic E-state index is -3.73. The highest BCUT2D eigenvalue weighted by Gasteiger charge is 2.32. The van der Waals surface area contributed by atoms with E-state index in [1.54, 1.807) is 30.6 Å². The number of nitrogens with one attached hydrogen (secondary N) is 1. The molecule has 1 atom stereocenters. The molecular weight excluding hydrogens is 592 g/mol. The molecule has 4 heterocycles. The fraction of sp³-hybridized carbons (Fsp3) is 0.400. The number of amides is 1. The summed E-state index contributed by atoms with van der Waals surface area (Å²) >= 11 is 7.97. The summed E-state index contributed by atoms with van der Waals surface area (Å²) in [5.41, 5.74) is 3.19. The Hall–Kier alpha value is -2.96. The van der Waals surface area contributed by atoms with E-state index in [0.717, 1.165) is 41.8 Å². The molecule has 0 bridgehead atoms. The van der Waals surface area contributed by atoms with Gasteiger partial charge < -0.3 is 10.2 Å². The zero-order valence-electron chi connectivity index (χ0n) is 23.4. The first-order valence-corrected chi connectivity index (χ1v) is 16.9. The van der Waals surface area contributed by atoms with Gasteiger partial charge in [0.05, 0.1) is 16.6 Å². The average Bonchev–Trinajstić information content (AvgIpc) is 3.65. The van der Waals surface area contributed by atoms with Gasteiger partial charge in [0.1, 0.15) is 15.2 Å². The Morgan fingerprint density at radius 2 is 1.79 bits per heavy atom. The van der Waals surface area contributed by atoms with Gasteiger partial charge in [-0.2, -0.15) is 4.31 Å². The van der Waals surface area contributed by atoms with Crippen LogP contribution in [0.15, 0.2) is 59.8 Å². The number of carbonyl (C=O) groups is 1. The van der Waals surface area contributed by atoms with Crippen LogP contribution < -0.4 is 5.32 Å². The zero-order chi connectivity index (χ0) is 29.3. The highest BCUT2D eigenvalue weighted by atomic mass is 35.5. The summed E-state index contributed by atoms with van der Waals surface area (Å²) in [7, 11) is -1.75. The highest BCUT2D eigenvalue weighted by molar-refractivity contribution is 7.89. The molecule has 1 saturated carbocycles. The zero-order valence-corrected chi connectivity index (χ0v) is 25.8. The van der Waals surface area contributed by atoms with Gasteiger partial charge in [-0.1, -0.05) is 54.7 Å². The molecule has 4 aromatic rings. The quantitative estimate of drug-likeness (QED) is 0.270. The minimum Gasteiger partial charge on any atom is -0.304 e. The molecule has 220 valence electrons. The van der Waals surface area contributed by atoms with Crippen molar-refractivity contribution in [3.8, 4) is 11.3 Å². The number of hydrogen-bond donors (Lipinski definition) is 1. The highest BCUT2D eigenvalue weighted by Crippen LogP contribution is 2.37. The first-order chi connectivity index (χ1) is 20.3. The summed E-state index contributed by atoms with van der Waals surface area (Å²) in [6.07, 6.45) is 8.60. The van der Waals surface area contributed by atoms with Crippen LogP contribution in [0.3, 0.4) is 0 Å². The normalized spacial score (nSPS) is 18.0. The van der Waals surface area contributed by atoms with Crippen molar-refractivity contribution in [2.24, 2.45) is 5.92 Å². The van der Waals surface area contributed by atoms with Crippen LogP contribution in [0.25, 0.3) is 21.6 Å². The van der Waals surface area contributed by atoms with Gasteiger partial charge in [0.25, 0.3) is 0 Å². The molecule has 12 heteroatoms. The van der Waals surface area contributed by atoms with Crippen LogP contribution >= 0.6 is 22.9 Å². The Kier molecular flexibility index (Phi) is 8.56. The van der Waals surface area contributed by atoms with Crippen LogP contribution in [-0.4, -0.2) is 71.7 Å². The number of fused-ring (bicyclic) bond motifs is 1. The molecule has 42 heavy (non-hydrogen) atoms. The van der Waals surface area contributed by atoms with Crippen LogP contribution in [0.1, 0.15) is 43.6 Å². The number of nitrogens with zero attached hydrogens (tertiary/aromatic N) is 5. The van der Waals surface area contributed by atoms with Gasteiger partial charge in [0.15, 0.2) is 5.13 Å². The van der Waals surface area contributed by atoms with Crippen molar-refractivity contribution in [2.45, 2.75) is 42.9 Å². The fourth-order valence-electron chi connectivity index (χ4n) is 5.83. The van der Waals surface area contributed by atoms with E-state index >= 15 is 0 Å². The van der Waals surface area contributed by atoms with Gasteiger partial charge in [-0.3, -0.25) is 9.78 Å². The lowest BCUT2D eigenvalue weighted by Gasteiger charge is -2.31. The number of aromatic nitrogens is 3. The van der Waals surface area contributed by atoms with E-state index in [1.807, 2.05) is 31.3 Å². The maximum atomic E-state index is 13.8. The van der Waals surface area contributed by atoms with Gasteiger partial charge in [0.2, 0.25) is 15.9 Å². The molecule has 2 fully saturated rings. The summed E-state index contributed by atoms with van der Waals surface area (Å²) in [5, 5.41) is 3.65. The van der Waals surface area contributed by atoms with E-state index in [0.29, 0.717) is 54.7 Å². The lowest BCUT2D eigenvalue weighted by molar-refractivity contribution is -0.118. The molecule has 1 unspecified atom stereocenters. The second-order valence-electron chi connectivity index (χ2n) is 11.1. The number of carbonyl (C=O) groups excluding carboxylic acids is 1. The summed E-state index contributed by atoms with van der Waals surface area (Å²) in [4.78, 5) is 30.1. The first-order valence-electron chi connectivity index (χ1n) is 14.2. The molecule has 1 N–H and O–H groups in total. The number of sulfonamides is 1. The molecule has 1 saturated heterocycles. The van der Waals surface area contributed by atoms with Crippen LogP contribution in [-0.2, 0) is 14.8 Å². The average molecular weight is 625 g/mol. The lowest BCUT2D eigenvalue weighted by atomic mass is 9.87. The lowest BCUT2D eigenvalue weighted by Crippen LogP contribution is -2.47. The van der Waals surface area contributed by atoms with Crippen molar-refractivity contribution in [2.75, 3.05) is 38.5 Å². The van der Waals surface area contributed by atoms with Gasteiger partial charge >= 0.3 is 0 Å². The van der Waals surface area contributed by atoms with E-state index in [-0.39, 0.29) is 15.8 Å². The summed E-state index contributed by atoms with van der Waals surface area (Å²) < 4.78 is 28.2. The molecule has 1 aromatic carbocycles. The molecule has 1 aliphatic carbocycles. The number of anilines is 1. The number of pyridine rings is 2. The molecule has 3 aromatic heterocycles. The first kappa shape index (κ1) is 29.1. The third-order valence-electron chi connectivity index (χ3n) is 8.26. The van der Waals surface area contributed by atoms with Crippen molar-refractivity contribution in [1.82, 2.24) is 24.2 Å². The number of rotatable bonds is 8. The van der Waals surface area contributed by atoms with E-state index in [4.69, 9.17) is 16.6 Å². The Labute approximate surface area is 255 Å². The Bertz CT molecular complexity index is 1680. The Balaban J connectivity index is 1.25. The molecule has 9 nitrogen and oxygen atoms in total. The third kappa shape index (κ3) is 6.21. The maximum absolute atomic E-state index is 13.8. The van der Waals surface area contributed by atoms with Gasteiger partial charge in [-0.25, -0.2) is 18.4 Å². The van der Waals surface area contributed by atoms with Crippen LogP contribution in [0.2, 0.25) is 5.02 Å². The van der Waals surface area contributed by atoms with Crippen molar-refractivity contribution in [1.29, 1.82) is 0 Å². The number of hydrogen-bond acceptors (Lipinski definition) is 8. The third-order valence-corrected chi connectivity index (χ3v) is 11.5. The predicted molar refractivity (Wildman–Crippen MR) is 166 cm³/mol. The van der Waals surface area contributed by atoms with Gasteiger partial charge in [-0.15, -0.1) is 0 Å². The molecule has 1 aliphatic heterocycles. The van der Waals surface area contributed by atoms with Gasteiger partial charge in [0, 0.05) is 44.1 Å². The molecule has 2 aliphatic rings. The molecule has 1 amide bonds. The fourth-order valence-corrected chi connectivity index (χ4v) is 8.62. The largest absolute Gasteiger partial charge is 0.304 e.